The first kappa shape index (κ1) is 18.9. The van der Waals surface area contributed by atoms with Gasteiger partial charge in [-0.1, -0.05) is 11.6 Å². The van der Waals surface area contributed by atoms with Crippen LogP contribution in [0.4, 0.5) is 0 Å². The van der Waals surface area contributed by atoms with Crippen LogP contribution in [0.1, 0.15) is 12.1 Å². The summed E-state index contributed by atoms with van der Waals surface area (Å²) in [5.74, 6) is -0.0220. The summed E-state index contributed by atoms with van der Waals surface area (Å²) in [6.45, 7) is 3.46. The Morgan fingerprint density at radius 1 is 1.19 bits per heavy atom. The van der Waals surface area contributed by atoms with Gasteiger partial charge in [0.25, 0.3) is 0 Å². The number of sulfonamides is 1. The standard InChI is InChI=1S/C15H21ClN6O3S/c1-12-14(10-17-19(12)2)26(24,25)22-7-5-20(6-8-22)15(23)3-4-21-11-13(16)9-18-21/h9-11H,3-8H2,1-2H3. The number of hydrogen-bond donors (Lipinski definition) is 0. The van der Waals surface area contributed by atoms with Crippen LogP contribution in [-0.2, 0) is 28.4 Å². The van der Waals surface area contributed by atoms with Crippen LogP contribution in [0.25, 0.3) is 0 Å². The molecule has 0 aliphatic carbocycles. The molecule has 0 unspecified atom stereocenters. The highest BCUT2D eigenvalue weighted by Gasteiger charge is 2.32. The van der Waals surface area contributed by atoms with E-state index in [1.807, 2.05) is 0 Å². The van der Waals surface area contributed by atoms with Crippen LogP contribution >= 0.6 is 11.6 Å². The van der Waals surface area contributed by atoms with Gasteiger partial charge in [0.2, 0.25) is 15.9 Å². The number of rotatable bonds is 5. The molecule has 1 amide bonds. The fraction of sp³-hybridized carbons (Fsp3) is 0.533. The van der Waals surface area contributed by atoms with Crippen molar-refractivity contribution in [2.75, 3.05) is 26.2 Å². The topological polar surface area (TPSA) is 93.3 Å². The van der Waals surface area contributed by atoms with Crippen LogP contribution in [0.15, 0.2) is 23.5 Å². The molecule has 1 aliphatic rings. The van der Waals surface area contributed by atoms with Crippen LogP contribution in [0.5, 0.6) is 0 Å². The van der Waals surface area contributed by atoms with Crippen molar-refractivity contribution in [1.29, 1.82) is 0 Å². The molecule has 0 spiro atoms. The Labute approximate surface area is 157 Å². The lowest BCUT2D eigenvalue weighted by Crippen LogP contribution is -2.50. The number of halogens is 1. The summed E-state index contributed by atoms with van der Waals surface area (Å²) >= 11 is 5.80. The Morgan fingerprint density at radius 2 is 1.88 bits per heavy atom. The second kappa shape index (κ2) is 7.37. The fourth-order valence-electron chi connectivity index (χ4n) is 2.88. The Bertz CT molecular complexity index is 898. The van der Waals surface area contributed by atoms with Gasteiger partial charge in [0, 0.05) is 52.4 Å². The van der Waals surface area contributed by atoms with Crippen molar-refractivity contribution in [3.05, 3.63) is 29.3 Å². The van der Waals surface area contributed by atoms with Crippen molar-refractivity contribution >= 4 is 27.5 Å². The Kier molecular flexibility index (Phi) is 5.35. The van der Waals surface area contributed by atoms with E-state index in [2.05, 4.69) is 10.2 Å². The molecule has 1 fully saturated rings. The van der Waals surface area contributed by atoms with Crippen molar-refractivity contribution < 1.29 is 13.2 Å². The minimum atomic E-state index is -3.59. The Hall–Kier alpha value is -1.91. The molecule has 142 valence electrons. The van der Waals surface area contributed by atoms with Crippen molar-refractivity contribution in [3.63, 3.8) is 0 Å². The van der Waals surface area contributed by atoms with Crippen LogP contribution in [0, 0.1) is 6.92 Å². The second-order valence-electron chi connectivity index (χ2n) is 6.17. The number of carbonyl (C=O) groups excluding carboxylic acids is 1. The minimum absolute atomic E-state index is 0.0220. The smallest absolute Gasteiger partial charge is 0.246 e. The van der Waals surface area contributed by atoms with E-state index < -0.39 is 10.0 Å². The maximum absolute atomic E-state index is 12.8. The van der Waals surface area contributed by atoms with Gasteiger partial charge in [-0.05, 0) is 6.92 Å². The molecule has 2 aromatic heterocycles. The molecule has 9 nitrogen and oxygen atoms in total. The molecular formula is C15H21ClN6O3S. The molecule has 0 atom stereocenters. The predicted octanol–water partition coefficient (Wildman–Crippen LogP) is 0.502. The maximum atomic E-state index is 12.8. The summed E-state index contributed by atoms with van der Waals surface area (Å²) < 4.78 is 30.1. The molecule has 0 aromatic carbocycles. The molecule has 3 heterocycles. The molecule has 0 bridgehead atoms. The number of amides is 1. The molecule has 1 saturated heterocycles. The zero-order valence-electron chi connectivity index (χ0n) is 14.7. The quantitative estimate of drug-likeness (QED) is 0.728. The van der Waals surface area contributed by atoms with Gasteiger partial charge in [0.05, 0.1) is 23.1 Å². The summed E-state index contributed by atoms with van der Waals surface area (Å²) in [4.78, 5) is 14.2. The van der Waals surface area contributed by atoms with Gasteiger partial charge in [-0.3, -0.25) is 14.2 Å². The normalized spacial score (nSPS) is 16.2. The molecule has 11 heteroatoms. The maximum Gasteiger partial charge on any atom is 0.246 e. The minimum Gasteiger partial charge on any atom is -0.340 e. The summed E-state index contributed by atoms with van der Waals surface area (Å²) in [5.41, 5.74) is 0.599. The number of piperazine rings is 1. The highest BCUT2D eigenvalue weighted by atomic mass is 35.5. The number of aryl methyl sites for hydroxylation is 2. The third-order valence-electron chi connectivity index (χ3n) is 4.56. The van der Waals surface area contributed by atoms with E-state index in [1.54, 1.807) is 29.7 Å². The second-order valence-corrected chi connectivity index (χ2v) is 8.52. The average Bonchev–Trinajstić information content (AvgIpc) is 3.19. The molecule has 0 radical (unpaired) electrons. The van der Waals surface area contributed by atoms with E-state index in [4.69, 9.17) is 11.6 Å². The summed E-state index contributed by atoms with van der Waals surface area (Å²) in [6.07, 6.45) is 4.86. The number of carbonyl (C=O) groups is 1. The molecule has 3 rings (SSSR count). The summed E-state index contributed by atoms with van der Waals surface area (Å²) in [6, 6.07) is 0. The first-order valence-electron chi connectivity index (χ1n) is 8.23. The van der Waals surface area contributed by atoms with E-state index in [0.29, 0.717) is 36.8 Å². The molecular weight excluding hydrogens is 380 g/mol. The van der Waals surface area contributed by atoms with E-state index in [1.165, 1.54) is 21.4 Å². The fourth-order valence-corrected chi connectivity index (χ4v) is 4.64. The van der Waals surface area contributed by atoms with Crippen molar-refractivity contribution in [2.24, 2.45) is 7.05 Å². The van der Waals surface area contributed by atoms with Gasteiger partial charge in [0.15, 0.2) is 0 Å². The van der Waals surface area contributed by atoms with Gasteiger partial charge < -0.3 is 4.90 Å². The third-order valence-corrected chi connectivity index (χ3v) is 6.75. The van der Waals surface area contributed by atoms with Crippen molar-refractivity contribution in [1.82, 2.24) is 28.8 Å². The molecule has 0 N–H and O–H groups in total. The van der Waals surface area contributed by atoms with Gasteiger partial charge in [0.1, 0.15) is 4.90 Å². The lowest BCUT2D eigenvalue weighted by atomic mass is 10.3. The van der Waals surface area contributed by atoms with Crippen LogP contribution < -0.4 is 0 Å². The number of aromatic nitrogens is 4. The largest absolute Gasteiger partial charge is 0.340 e. The Balaban J connectivity index is 1.56. The summed E-state index contributed by atoms with van der Waals surface area (Å²) in [7, 11) is -1.88. The van der Waals surface area contributed by atoms with Gasteiger partial charge in [-0.15, -0.1) is 0 Å². The molecule has 0 saturated carbocycles. The zero-order chi connectivity index (χ0) is 18.9. The first-order chi connectivity index (χ1) is 12.3. The lowest BCUT2D eigenvalue weighted by molar-refractivity contribution is -0.132. The van der Waals surface area contributed by atoms with E-state index in [-0.39, 0.29) is 23.9 Å². The van der Waals surface area contributed by atoms with Crippen LogP contribution in [-0.4, -0.2) is 69.3 Å². The lowest BCUT2D eigenvalue weighted by Gasteiger charge is -2.34. The van der Waals surface area contributed by atoms with E-state index in [9.17, 15) is 13.2 Å². The van der Waals surface area contributed by atoms with E-state index in [0.717, 1.165) is 0 Å². The highest BCUT2D eigenvalue weighted by Crippen LogP contribution is 2.20. The monoisotopic (exact) mass is 400 g/mol. The highest BCUT2D eigenvalue weighted by molar-refractivity contribution is 7.89. The Morgan fingerprint density at radius 3 is 2.42 bits per heavy atom. The zero-order valence-corrected chi connectivity index (χ0v) is 16.2. The first-order valence-corrected chi connectivity index (χ1v) is 10.1. The molecule has 2 aromatic rings. The van der Waals surface area contributed by atoms with Gasteiger partial charge in [-0.2, -0.15) is 14.5 Å². The number of hydrogen-bond acceptors (Lipinski definition) is 5. The van der Waals surface area contributed by atoms with Gasteiger partial charge in [-0.25, -0.2) is 8.42 Å². The SMILES string of the molecule is Cc1c(S(=O)(=O)N2CCN(C(=O)CCn3cc(Cl)cn3)CC2)cnn1C. The van der Waals surface area contributed by atoms with Crippen molar-refractivity contribution in [2.45, 2.75) is 24.8 Å². The van der Waals surface area contributed by atoms with Crippen LogP contribution in [0.3, 0.4) is 0 Å². The summed E-state index contributed by atoms with van der Waals surface area (Å²) in [5, 5.41) is 8.57. The van der Waals surface area contributed by atoms with Gasteiger partial charge >= 0.3 is 0 Å². The van der Waals surface area contributed by atoms with Crippen LogP contribution in [0.2, 0.25) is 5.02 Å². The molecule has 26 heavy (non-hydrogen) atoms. The third kappa shape index (κ3) is 3.76. The number of nitrogens with zero attached hydrogens (tertiary/aromatic N) is 6. The molecule has 1 aliphatic heterocycles. The van der Waals surface area contributed by atoms with Crippen molar-refractivity contribution in [3.8, 4) is 0 Å². The predicted molar refractivity (Wildman–Crippen MR) is 95.1 cm³/mol. The van der Waals surface area contributed by atoms with E-state index >= 15 is 0 Å². The average molecular weight is 401 g/mol.